The highest BCUT2D eigenvalue weighted by atomic mass is 32.2. The first-order valence-corrected chi connectivity index (χ1v) is 8.86. The van der Waals surface area contributed by atoms with Gasteiger partial charge in [-0.15, -0.1) is 0 Å². The number of sulfonamides is 1. The van der Waals surface area contributed by atoms with Crippen LogP contribution in [0.25, 0.3) is 0 Å². The van der Waals surface area contributed by atoms with Crippen LogP contribution < -0.4 is 10.9 Å². The van der Waals surface area contributed by atoms with E-state index in [1.165, 1.54) is 38.4 Å². The molecule has 7 nitrogen and oxygen atoms in total. The summed E-state index contributed by atoms with van der Waals surface area (Å²) in [5, 5.41) is 0. The standard InChI is InChI=1S/C17H19N3O4S/c1-12-6-4-5-7-15(12)17(22)19-18-16(21)13-8-10-14(11-9-13)25(23,24)20(2)3/h4-11H,1-3H3,(H,18,21)(H,19,22). The Kier molecular flexibility index (Phi) is 5.55. The second-order valence-corrected chi connectivity index (χ2v) is 7.69. The van der Waals surface area contributed by atoms with E-state index in [1.54, 1.807) is 25.1 Å². The molecule has 0 aromatic heterocycles. The highest BCUT2D eigenvalue weighted by Crippen LogP contribution is 2.14. The predicted molar refractivity (Wildman–Crippen MR) is 93.4 cm³/mol. The second kappa shape index (κ2) is 7.45. The summed E-state index contributed by atoms with van der Waals surface area (Å²) in [6, 6.07) is 12.4. The Bertz CT molecular complexity index is 890. The third-order valence-corrected chi connectivity index (χ3v) is 5.40. The van der Waals surface area contributed by atoms with Crippen molar-refractivity contribution in [2.24, 2.45) is 0 Å². The number of nitrogens with one attached hydrogen (secondary N) is 2. The largest absolute Gasteiger partial charge is 0.269 e. The zero-order valence-corrected chi connectivity index (χ0v) is 14.9. The van der Waals surface area contributed by atoms with E-state index in [-0.39, 0.29) is 10.5 Å². The van der Waals surface area contributed by atoms with E-state index in [0.717, 1.165) is 9.87 Å². The molecule has 0 bridgehead atoms. The molecule has 2 aromatic carbocycles. The molecule has 2 rings (SSSR count). The first kappa shape index (κ1) is 18.6. The zero-order chi connectivity index (χ0) is 18.6. The number of carbonyl (C=O) groups excluding carboxylic acids is 2. The lowest BCUT2D eigenvalue weighted by Gasteiger charge is -2.12. The van der Waals surface area contributed by atoms with E-state index in [1.807, 2.05) is 6.07 Å². The van der Waals surface area contributed by atoms with Crippen LogP contribution in [0.1, 0.15) is 26.3 Å². The quantitative estimate of drug-likeness (QED) is 0.803. The van der Waals surface area contributed by atoms with Gasteiger partial charge < -0.3 is 0 Å². The molecular formula is C17H19N3O4S. The van der Waals surface area contributed by atoms with Crippen molar-refractivity contribution in [3.8, 4) is 0 Å². The first-order valence-electron chi connectivity index (χ1n) is 7.42. The van der Waals surface area contributed by atoms with Crippen LogP contribution in [0.4, 0.5) is 0 Å². The lowest BCUT2D eigenvalue weighted by Crippen LogP contribution is -2.41. The molecule has 8 heteroatoms. The topological polar surface area (TPSA) is 95.6 Å². The van der Waals surface area contributed by atoms with Crippen LogP contribution in [0.15, 0.2) is 53.4 Å². The van der Waals surface area contributed by atoms with Gasteiger partial charge in [-0.25, -0.2) is 12.7 Å². The Morgan fingerprint density at radius 2 is 1.44 bits per heavy atom. The number of aryl methyl sites for hydroxylation is 1. The maximum absolute atomic E-state index is 12.1. The van der Waals surface area contributed by atoms with E-state index in [2.05, 4.69) is 10.9 Å². The Hall–Kier alpha value is -2.71. The van der Waals surface area contributed by atoms with E-state index < -0.39 is 21.8 Å². The maximum atomic E-state index is 12.1. The van der Waals surface area contributed by atoms with Gasteiger partial charge in [0.05, 0.1) is 4.90 Å². The molecule has 0 atom stereocenters. The number of carbonyl (C=O) groups is 2. The number of hydrogen-bond donors (Lipinski definition) is 2. The van der Waals surface area contributed by atoms with Gasteiger partial charge in [-0.3, -0.25) is 20.4 Å². The minimum absolute atomic E-state index is 0.0815. The highest BCUT2D eigenvalue weighted by Gasteiger charge is 2.17. The Morgan fingerprint density at radius 1 is 0.880 bits per heavy atom. The lowest BCUT2D eigenvalue weighted by atomic mass is 10.1. The molecule has 0 saturated carbocycles. The molecule has 132 valence electrons. The summed E-state index contributed by atoms with van der Waals surface area (Å²) in [5.74, 6) is -0.978. The van der Waals surface area contributed by atoms with Gasteiger partial charge >= 0.3 is 0 Å². The normalized spacial score (nSPS) is 11.2. The summed E-state index contributed by atoms with van der Waals surface area (Å²) >= 11 is 0. The summed E-state index contributed by atoms with van der Waals surface area (Å²) < 4.78 is 25.1. The molecular weight excluding hydrogens is 342 g/mol. The first-order chi connectivity index (χ1) is 11.7. The van der Waals surface area contributed by atoms with E-state index >= 15 is 0 Å². The second-order valence-electron chi connectivity index (χ2n) is 5.53. The smallest absolute Gasteiger partial charge is 0.267 e. The summed E-state index contributed by atoms with van der Waals surface area (Å²) in [6.07, 6.45) is 0. The van der Waals surface area contributed by atoms with Gasteiger partial charge in [0.1, 0.15) is 0 Å². The predicted octanol–water partition coefficient (Wildman–Crippen LogP) is 1.32. The van der Waals surface area contributed by atoms with Gasteiger partial charge in [0, 0.05) is 25.2 Å². The number of amides is 2. The van der Waals surface area contributed by atoms with Crippen molar-refractivity contribution >= 4 is 21.8 Å². The van der Waals surface area contributed by atoms with E-state index in [4.69, 9.17) is 0 Å². The Balaban J connectivity index is 2.05. The van der Waals surface area contributed by atoms with Gasteiger partial charge in [-0.2, -0.15) is 0 Å². The summed E-state index contributed by atoms with van der Waals surface area (Å²) in [4.78, 5) is 24.2. The lowest BCUT2D eigenvalue weighted by molar-refractivity contribution is 0.0846. The van der Waals surface area contributed by atoms with Crippen molar-refractivity contribution in [3.63, 3.8) is 0 Å². The minimum atomic E-state index is -3.55. The molecule has 25 heavy (non-hydrogen) atoms. The molecule has 2 aromatic rings. The van der Waals surface area contributed by atoms with Crippen LogP contribution in [0.5, 0.6) is 0 Å². The Morgan fingerprint density at radius 3 is 2.00 bits per heavy atom. The molecule has 0 spiro atoms. The van der Waals surface area contributed by atoms with Crippen LogP contribution >= 0.6 is 0 Å². The molecule has 2 N–H and O–H groups in total. The van der Waals surface area contributed by atoms with Gasteiger partial charge in [0.25, 0.3) is 11.8 Å². The minimum Gasteiger partial charge on any atom is -0.267 e. The third kappa shape index (κ3) is 4.23. The molecule has 0 aliphatic heterocycles. The summed E-state index contributed by atoms with van der Waals surface area (Å²) in [6.45, 7) is 1.79. The van der Waals surface area contributed by atoms with Gasteiger partial charge in [0.15, 0.2) is 0 Å². The maximum Gasteiger partial charge on any atom is 0.269 e. The number of nitrogens with zero attached hydrogens (tertiary/aromatic N) is 1. The van der Waals surface area contributed by atoms with Crippen LogP contribution in [0, 0.1) is 6.92 Å². The molecule has 0 aliphatic carbocycles. The van der Waals surface area contributed by atoms with Crippen molar-refractivity contribution in [2.75, 3.05) is 14.1 Å². The molecule has 0 unspecified atom stereocenters. The molecule has 2 amide bonds. The van der Waals surface area contributed by atoms with Crippen molar-refractivity contribution in [1.82, 2.24) is 15.2 Å². The van der Waals surface area contributed by atoms with Crippen LogP contribution in [0.3, 0.4) is 0 Å². The Labute approximate surface area is 146 Å². The fourth-order valence-corrected chi connectivity index (χ4v) is 2.97. The number of benzene rings is 2. The van der Waals surface area contributed by atoms with Crippen LogP contribution in [-0.2, 0) is 10.0 Å². The average molecular weight is 361 g/mol. The van der Waals surface area contributed by atoms with Gasteiger partial charge in [-0.05, 0) is 42.8 Å². The molecule has 0 heterocycles. The van der Waals surface area contributed by atoms with Crippen molar-refractivity contribution < 1.29 is 18.0 Å². The van der Waals surface area contributed by atoms with Crippen molar-refractivity contribution in [1.29, 1.82) is 0 Å². The van der Waals surface area contributed by atoms with Crippen molar-refractivity contribution in [2.45, 2.75) is 11.8 Å². The monoisotopic (exact) mass is 361 g/mol. The summed E-state index contributed by atoms with van der Waals surface area (Å²) in [7, 11) is -0.699. The molecule has 0 saturated heterocycles. The average Bonchev–Trinajstić information content (AvgIpc) is 2.59. The van der Waals surface area contributed by atoms with Gasteiger partial charge in [-0.1, -0.05) is 18.2 Å². The fourth-order valence-electron chi connectivity index (χ4n) is 2.07. The highest BCUT2D eigenvalue weighted by molar-refractivity contribution is 7.89. The zero-order valence-electron chi connectivity index (χ0n) is 14.1. The van der Waals surface area contributed by atoms with E-state index in [0.29, 0.717) is 5.56 Å². The molecule has 0 aliphatic rings. The summed E-state index contributed by atoms with van der Waals surface area (Å²) in [5.41, 5.74) is 6.11. The molecule has 0 radical (unpaired) electrons. The number of rotatable bonds is 4. The number of hydrogen-bond acceptors (Lipinski definition) is 4. The van der Waals surface area contributed by atoms with Crippen LogP contribution in [0.2, 0.25) is 0 Å². The van der Waals surface area contributed by atoms with Crippen LogP contribution in [-0.4, -0.2) is 38.6 Å². The molecule has 0 fully saturated rings. The SMILES string of the molecule is Cc1ccccc1C(=O)NNC(=O)c1ccc(S(=O)(=O)N(C)C)cc1. The van der Waals surface area contributed by atoms with Crippen molar-refractivity contribution in [3.05, 3.63) is 65.2 Å². The van der Waals surface area contributed by atoms with Gasteiger partial charge in [0.2, 0.25) is 10.0 Å². The number of hydrazine groups is 1. The third-order valence-electron chi connectivity index (χ3n) is 3.57. The fraction of sp³-hybridized carbons (Fsp3) is 0.176. The van der Waals surface area contributed by atoms with E-state index in [9.17, 15) is 18.0 Å².